The number of carbonyl (C=O) groups is 1. The van der Waals surface area contributed by atoms with Crippen molar-refractivity contribution in [2.24, 2.45) is 5.92 Å². The van der Waals surface area contributed by atoms with Gasteiger partial charge in [-0.3, -0.25) is 4.79 Å². The van der Waals surface area contributed by atoms with Crippen molar-refractivity contribution in [2.75, 3.05) is 13.1 Å². The normalized spacial score (nSPS) is 17.9. The molecular weight excluding hydrogens is 178 g/mol. The van der Waals surface area contributed by atoms with Gasteiger partial charge in [0.15, 0.2) is 0 Å². The van der Waals surface area contributed by atoms with Crippen molar-refractivity contribution in [1.29, 1.82) is 0 Å². The number of ether oxygens (including phenoxy) is 1. The molecule has 1 atom stereocenters. The lowest BCUT2D eigenvalue weighted by molar-refractivity contribution is -0.147. The Kier molecular flexibility index (Phi) is 4.94. The van der Waals surface area contributed by atoms with E-state index in [0.29, 0.717) is 6.54 Å². The molecule has 14 heavy (non-hydrogen) atoms. The first-order valence-electron chi connectivity index (χ1n) is 5.62. The second-order valence-electron chi connectivity index (χ2n) is 4.16. The van der Waals surface area contributed by atoms with Crippen LogP contribution in [0.1, 0.15) is 39.5 Å². The van der Waals surface area contributed by atoms with Crippen molar-refractivity contribution in [1.82, 2.24) is 5.32 Å². The topological polar surface area (TPSA) is 38.3 Å². The highest BCUT2D eigenvalue weighted by Gasteiger charge is 2.20. The SMILES string of the molecule is CCCC(C)OC(=O)CNCC1CC1. The van der Waals surface area contributed by atoms with E-state index in [1.54, 1.807) is 0 Å². The minimum absolute atomic E-state index is 0.0650. The van der Waals surface area contributed by atoms with E-state index in [9.17, 15) is 4.79 Å². The molecular formula is C11H21NO2. The molecule has 0 saturated heterocycles. The second-order valence-corrected chi connectivity index (χ2v) is 4.16. The van der Waals surface area contributed by atoms with Gasteiger partial charge in [0.25, 0.3) is 0 Å². The van der Waals surface area contributed by atoms with Crippen molar-refractivity contribution in [3.8, 4) is 0 Å². The quantitative estimate of drug-likeness (QED) is 0.634. The first-order valence-corrected chi connectivity index (χ1v) is 5.62. The van der Waals surface area contributed by atoms with E-state index >= 15 is 0 Å². The maximum absolute atomic E-state index is 11.2. The molecule has 82 valence electrons. The molecule has 3 nitrogen and oxygen atoms in total. The van der Waals surface area contributed by atoms with Crippen molar-refractivity contribution in [3.05, 3.63) is 0 Å². The standard InChI is InChI=1S/C11H21NO2/c1-3-4-9(2)14-11(13)8-12-7-10-5-6-10/h9-10,12H,3-8H2,1-2H3. The van der Waals surface area contributed by atoms with Gasteiger partial charge in [0.1, 0.15) is 0 Å². The highest BCUT2D eigenvalue weighted by Crippen LogP contribution is 2.27. The van der Waals surface area contributed by atoms with Gasteiger partial charge in [0.2, 0.25) is 0 Å². The van der Waals surface area contributed by atoms with Crippen molar-refractivity contribution >= 4 is 5.97 Å². The van der Waals surface area contributed by atoms with Gasteiger partial charge in [-0.05, 0) is 38.6 Å². The van der Waals surface area contributed by atoms with E-state index in [-0.39, 0.29) is 12.1 Å². The minimum Gasteiger partial charge on any atom is -0.462 e. The molecule has 3 heteroatoms. The Balaban J connectivity index is 1.96. The van der Waals surface area contributed by atoms with E-state index in [2.05, 4.69) is 12.2 Å². The average Bonchev–Trinajstić information content (AvgIpc) is 2.88. The molecule has 1 aliphatic carbocycles. The van der Waals surface area contributed by atoms with Gasteiger partial charge in [0, 0.05) is 0 Å². The fourth-order valence-corrected chi connectivity index (χ4v) is 1.43. The molecule has 0 aliphatic heterocycles. The van der Waals surface area contributed by atoms with Crippen LogP contribution in [0.25, 0.3) is 0 Å². The van der Waals surface area contributed by atoms with Crippen LogP contribution in [-0.2, 0) is 9.53 Å². The molecule has 0 aromatic rings. The zero-order valence-electron chi connectivity index (χ0n) is 9.21. The van der Waals surface area contributed by atoms with Crippen LogP contribution < -0.4 is 5.32 Å². The van der Waals surface area contributed by atoms with Crippen LogP contribution in [0.2, 0.25) is 0 Å². The molecule has 1 unspecified atom stereocenters. The summed E-state index contributed by atoms with van der Waals surface area (Å²) in [6.45, 7) is 5.37. The second kappa shape index (κ2) is 6.02. The summed E-state index contributed by atoms with van der Waals surface area (Å²) in [5.74, 6) is 0.697. The maximum atomic E-state index is 11.2. The predicted molar refractivity (Wildman–Crippen MR) is 56.1 cm³/mol. The lowest BCUT2D eigenvalue weighted by atomic mass is 10.2. The van der Waals surface area contributed by atoms with Crippen LogP contribution in [0.15, 0.2) is 0 Å². The van der Waals surface area contributed by atoms with Crippen LogP contribution in [0.4, 0.5) is 0 Å². The van der Waals surface area contributed by atoms with Crippen molar-refractivity contribution in [3.63, 3.8) is 0 Å². The lowest BCUT2D eigenvalue weighted by Crippen LogP contribution is -2.28. The van der Waals surface area contributed by atoms with Crippen LogP contribution in [-0.4, -0.2) is 25.2 Å². The van der Waals surface area contributed by atoms with Gasteiger partial charge in [0.05, 0.1) is 12.6 Å². The fourth-order valence-electron chi connectivity index (χ4n) is 1.43. The number of carbonyl (C=O) groups excluding carboxylic acids is 1. The summed E-state index contributed by atoms with van der Waals surface area (Å²) in [5, 5.41) is 3.12. The first kappa shape index (κ1) is 11.5. The molecule has 1 aliphatic rings. The van der Waals surface area contributed by atoms with Gasteiger partial charge in [-0.15, -0.1) is 0 Å². The molecule has 0 radical (unpaired) electrons. The van der Waals surface area contributed by atoms with E-state index in [1.165, 1.54) is 12.8 Å². The third kappa shape index (κ3) is 5.22. The number of hydrogen-bond acceptors (Lipinski definition) is 3. The van der Waals surface area contributed by atoms with Crippen LogP contribution in [0.5, 0.6) is 0 Å². The molecule has 0 amide bonds. The Morgan fingerprint density at radius 3 is 2.86 bits per heavy atom. The van der Waals surface area contributed by atoms with Gasteiger partial charge in [-0.1, -0.05) is 13.3 Å². The summed E-state index contributed by atoms with van der Waals surface area (Å²) in [5.41, 5.74) is 0. The number of hydrogen-bond donors (Lipinski definition) is 1. The highest BCUT2D eigenvalue weighted by molar-refractivity contribution is 5.71. The van der Waals surface area contributed by atoms with Gasteiger partial charge in [-0.2, -0.15) is 0 Å². The first-order chi connectivity index (χ1) is 6.72. The molecule has 1 saturated carbocycles. The Morgan fingerprint density at radius 2 is 2.29 bits per heavy atom. The number of rotatable bonds is 7. The zero-order chi connectivity index (χ0) is 10.4. The molecule has 0 aromatic carbocycles. The smallest absolute Gasteiger partial charge is 0.320 e. The largest absolute Gasteiger partial charge is 0.462 e. The van der Waals surface area contributed by atoms with Crippen molar-refractivity contribution < 1.29 is 9.53 Å². The minimum atomic E-state index is -0.119. The summed E-state index contributed by atoms with van der Waals surface area (Å²) in [4.78, 5) is 11.2. The van der Waals surface area contributed by atoms with Gasteiger partial charge < -0.3 is 10.1 Å². The maximum Gasteiger partial charge on any atom is 0.320 e. The predicted octanol–water partition coefficient (Wildman–Crippen LogP) is 1.72. The van der Waals surface area contributed by atoms with Crippen molar-refractivity contribution in [2.45, 2.75) is 45.6 Å². The Bertz CT molecular complexity index is 178. The van der Waals surface area contributed by atoms with Gasteiger partial charge in [-0.25, -0.2) is 0 Å². The molecule has 0 spiro atoms. The van der Waals surface area contributed by atoms with E-state index in [0.717, 1.165) is 25.3 Å². The fraction of sp³-hybridized carbons (Fsp3) is 0.909. The lowest BCUT2D eigenvalue weighted by Gasteiger charge is -2.12. The summed E-state index contributed by atoms with van der Waals surface area (Å²) >= 11 is 0. The highest BCUT2D eigenvalue weighted by atomic mass is 16.5. The average molecular weight is 199 g/mol. The van der Waals surface area contributed by atoms with E-state index in [4.69, 9.17) is 4.74 Å². The molecule has 1 rings (SSSR count). The summed E-state index contributed by atoms with van der Waals surface area (Å²) in [6, 6.07) is 0. The van der Waals surface area contributed by atoms with Crippen LogP contribution in [0.3, 0.4) is 0 Å². The van der Waals surface area contributed by atoms with E-state index < -0.39 is 0 Å². The third-order valence-corrected chi connectivity index (χ3v) is 2.43. The Morgan fingerprint density at radius 1 is 1.57 bits per heavy atom. The molecule has 1 fully saturated rings. The summed E-state index contributed by atoms with van der Waals surface area (Å²) < 4.78 is 5.19. The zero-order valence-corrected chi connectivity index (χ0v) is 9.21. The van der Waals surface area contributed by atoms with Crippen LogP contribution >= 0.6 is 0 Å². The van der Waals surface area contributed by atoms with Crippen LogP contribution in [0, 0.1) is 5.92 Å². The monoisotopic (exact) mass is 199 g/mol. The Labute approximate surface area is 86.2 Å². The summed E-state index contributed by atoms with van der Waals surface area (Å²) in [6.07, 6.45) is 4.70. The third-order valence-electron chi connectivity index (χ3n) is 2.43. The summed E-state index contributed by atoms with van der Waals surface area (Å²) in [7, 11) is 0. The Hall–Kier alpha value is -0.570. The molecule has 1 N–H and O–H groups in total. The number of nitrogens with one attached hydrogen (secondary N) is 1. The van der Waals surface area contributed by atoms with Gasteiger partial charge >= 0.3 is 5.97 Å². The molecule has 0 aromatic heterocycles. The van der Waals surface area contributed by atoms with E-state index in [1.807, 2.05) is 6.92 Å². The number of esters is 1. The molecule has 0 bridgehead atoms. The molecule has 0 heterocycles.